The van der Waals surface area contributed by atoms with Crippen LogP contribution in [0.1, 0.15) is 20.8 Å². The number of hydrogen-bond acceptors (Lipinski definition) is 1. The molecule has 46 valence electrons. The zero-order chi connectivity index (χ0) is 6.41. The van der Waals surface area contributed by atoms with Gasteiger partial charge in [0.1, 0.15) is 0 Å². The third-order valence-corrected chi connectivity index (χ3v) is 0.933. The first-order valence-electron chi connectivity index (χ1n) is 2.94. The predicted molar refractivity (Wildman–Crippen MR) is 38.5 cm³/mol. The molecule has 0 aliphatic carbocycles. The van der Waals surface area contributed by atoms with Crippen LogP contribution in [-0.2, 0) is 0 Å². The zero-order valence-corrected chi connectivity index (χ0v) is 5.81. The lowest BCUT2D eigenvalue weighted by atomic mass is 10.3. The van der Waals surface area contributed by atoms with E-state index in [0.29, 0.717) is 0 Å². The Morgan fingerprint density at radius 1 is 1.62 bits per heavy atom. The first-order chi connectivity index (χ1) is 3.81. The molecule has 0 atom stereocenters. The molecule has 0 aromatic rings. The van der Waals surface area contributed by atoms with Crippen LogP contribution in [0, 0.1) is 0 Å². The lowest BCUT2D eigenvalue weighted by Crippen LogP contribution is -1.76. The highest BCUT2D eigenvalue weighted by Crippen LogP contribution is 1.84. The van der Waals surface area contributed by atoms with E-state index in [2.05, 4.69) is 4.99 Å². The molecule has 0 N–H and O–H groups in total. The highest BCUT2D eigenvalue weighted by Gasteiger charge is 1.73. The molecule has 0 heterocycles. The highest BCUT2D eigenvalue weighted by atomic mass is 14.7. The topological polar surface area (TPSA) is 12.4 Å². The summed E-state index contributed by atoms with van der Waals surface area (Å²) in [7, 11) is 0. The summed E-state index contributed by atoms with van der Waals surface area (Å²) in [6.07, 6.45) is 3.93. The number of rotatable bonds is 2. The van der Waals surface area contributed by atoms with Gasteiger partial charge in [-0.3, -0.25) is 4.99 Å². The second kappa shape index (κ2) is 4.57. The number of allylic oxidation sites excluding steroid dienone is 2. The van der Waals surface area contributed by atoms with Gasteiger partial charge in [0.05, 0.1) is 0 Å². The summed E-state index contributed by atoms with van der Waals surface area (Å²) in [4.78, 5) is 4.05. The van der Waals surface area contributed by atoms with E-state index >= 15 is 0 Å². The van der Waals surface area contributed by atoms with Crippen LogP contribution < -0.4 is 0 Å². The van der Waals surface area contributed by atoms with E-state index in [1.807, 2.05) is 33.1 Å². The molecule has 1 heteroatoms. The summed E-state index contributed by atoms with van der Waals surface area (Å²) < 4.78 is 0. The molecule has 0 amide bonds. The maximum absolute atomic E-state index is 4.05. The fourth-order valence-electron chi connectivity index (χ4n) is 0.310. The first kappa shape index (κ1) is 7.41. The van der Waals surface area contributed by atoms with Crippen molar-refractivity contribution in [3.63, 3.8) is 0 Å². The monoisotopic (exact) mass is 111 g/mol. The van der Waals surface area contributed by atoms with E-state index in [4.69, 9.17) is 0 Å². The Kier molecular flexibility index (Phi) is 4.23. The predicted octanol–water partition coefficient (Wildman–Crippen LogP) is 2.04. The summed E-state index contributed by atoms with van der Waals surface area (Å²) >= 11 is 0. The Morgan fingerprint density at radius 2 is 2.25 bits per heavy atom. The van der Waals surface area contributed by atoms with Gasteiger partial charge < -0.3 is 0 Å². The molecule has 8 heavy (non-hydrogen) atoms. The van der Waals surface area contributed by atoms with E-state index in [9.17, 15) is 0 Å². The van der Waals surface area contributed by atoms with Gasteiger partial charge in [0.2, 0.25) is 0 Å². The van der Waals surface area contributed by atoms with Gasteiger partial charge in [-0.1, -0.05) is 6.08 Å². The largest absolute Gasteiger partial charge is 0.293 e. The SMILES string of the molecule is C/C=C(C)\C=N/CC. The summed E-state index contributed by atoms with van der Waals surface area (Å²) in [6.45, 7) is 6.96. The van der Waals surface area contributed by atoms with Crippen LogP contribution in [0.3, 0.4) is 0 Å². The molecule has 0 aliphatic rings. The minimum Gasteiger partial charge on any atom is -0.293 e. The van der Waals surface area contributed by atoms with Gasteiger partial charge in [0, 0.05) is 12.8 Å². The summed E-state index contributed by atoms with van der Waals surface area (Å²) in [6, 6.07) is 0. The van der Waals surface area contributed by atoms with E-state index in [-0.39, 0.29) is 0 Å². The molecule has 0 aliphatic heterocycles. The molecule has 0 saturated carbocycles. The van der Waals surface area contributed by atoms with E-state index in [1.54, 1.807) is 0 Å². The molecule has 0 rings (SSSR count). The lowest BCUT2D eigenvalue weighted by Gasteiger charge is -1.83. The first-order valence-corrected chi connectivity index (χ1v) is 2.94. The Bertz CT molecular complexity index is 101. The second-order valence-corrected chi connectivity index (χ2v) is 1.66. The second-order valence-electron chi connectivity index (χ2n) is 1.66. The van der Waals surface area contributed by atoms with Crippen molar-refractivity contribution in [2.24, 2.45) is 4.99 Å². The molecule has 1 nitrogen and oxygen atoms in total. The Balaban J connectivity index is 3.53. The third-order valence-electron chi connectivity index (χ3n) is 0.933. The van der Waals surface area contributed by atoms with Crippen molar-refractivity contribution in [1.82, 2.24) is 0 Å². The van der Waals surface area contributed by atoms with Crippen LogP contribution in [0.25, 0.3) is 0 Å². The van der Waals surface area contributed by atoms with E-state index in [1.165, 1.54) is 5.57 Å². The molecule has 0 unspecified atom stereocenters. The summed E-state index contributed by atoms with van der Waals surface area (Å²) in [5, 5.41) is 0. The molecule has 0 aromatic heterocycles. The van der Waals surface area contributed by atoms with Crippen molar-refractivity contribution in [3.8, 4) is 0 Å². The van der Waals surface area contributed by atoms with Gasteiger partial charge in [-0.2, -0.15) is 0 Å². The number of nitrogens with zero attached hydrogens (tertiary/aromatic N) is 1. The lowest BCUT2D eigenvalue weighted by molar-refractivity contribution is 1.14. The molecule has 0 radical (unpaired) electrons. The highest BCUT2D eigenvalue weighted by molar-refractivity contribution is 5.77. The average molecular weight is 111 g/mol. The molecule has 0 spiro atoms. The van der Waals surface area contributed by atoms with Crippen molar-refractivity contribution < 1.29 is 0 Å². The normalized spacial score (nSPS) is 13.1. The average Bonchev–Trinajstić information content (AvgIpc) is 1.83. The molecular formula is C7H13N. The van der Waals surface area contributed by atoms with Crippen LogP contribution in [0.5, 0.6) is 0 Å². The van der Waals surface area contributed by atoms with Crippen LogP contribution >= 0.6 is 0 Å². The quantitative estimate of drug-likeness (QED) is 0.483. The van der Waals surface area contributed by atoms with Gasteiger partial charge in [0.25, 0.3) is 0 Å². The Labute approximate surface area is 51.1 Å². The molecule has 0 saturated heterocycles. The standard InChI is InChI=1S/C7H13N/c1-4-7(3)6-8-5-2/h4,6H,5H2,1-3H3/b7-4-,8-6-. The molecule has 0 bridgehead atoms. The van der Waals surface area contributed by atoms with Crippen LogP contribution in [-0.4, -0.2) is 12.8 Å². The van der Waals surface area contributed by atoms with Gasteiger partial charge in [-0.05, 0) is 26.3 Å². The Morgan fingerprint density at radius 3 is 2.62 bits per heavy atom. The maximum atomic E-state index is 4.05. The van der Waals surface area contributed by atoms with Crippen molar-refractivity contribution in [1.29, 1.82) is 0 Å². The van der Waals surface area contributed by atoms with Crippen LogP contribution in [0.15, 0.2) is 16.6 Å². The maximum Gasteiger partial charge on any atom is 0.0361 e. The smallest absolute Gasteiger partial charge is 0.0361 e. The minimum atomic E-state index is 0.880. The Hall–Kier alpha value is -0.590. The van der Waals surface area contributed by atoms with Crippen LogP contribution in [0.4, 0.5) is 0 Å². The van der Waals surface area contributed by atoms with Crippen molar-refractivity contribution in [2.45, 2.75) is 20.8 Å². The van der Waals surface area contributed by atoms with Crippen molar-refractivity contribution in [3.05, 3.63) is 11.6 Å². The minimum absolute atomic E-state index is 0.880. The van der Waals surface area contributed by atoms with Crippen molar-refractivity contribution in [2.75, 3.05) is 6.54 Å². The number of aliphatic imine (C=N–C) groups is 1. The molecule has 0 aromatic carbocycles. The fraction of sp³-hybridized carbons (Fsp3) is 0.571. The third kappa shape index (κ3) is 3.59. The van der Waals surface area contributed by atoms with E-state index < -0.39 is 0 Å². The van der Waals surface area contributed by atoms with Crippen LogP contribution in [0.2, 0.25) is 0 Å². The molecule has 0 fully saturated rings. The van der Waals surface area contributed by atoms with Gasteiger partial charge >= 0.3 is 0 Å². The summed E-state index contributed by atoms with van der Waals surface area (Å²) in [5.41, 5.74) is 1.23. The van der Waals surface area contributed by atoms with Crippen molar-refractivity contribution >= 4 is 6.21 Å². The molecular weight excluding hydrogens is 98.1 g/mol. The van der Waals surface area contributed by atoms with Gasteiger partial charge in [0.15, 0.2) is 0 Å². The summed E-state index contributed by atoms with van der Waals surface area (Å²) in [5.74, 6) is 0. The van der Waals surface area contributed by atoms with Gasteiger partial charge in [-0.25, -0.2) is 0 Å². The number of hydrogen-bond donors (Lipinski definition) is 0. The zero-order valence-electron chi connectivity index (χ0n) is 5.81. The van der Waals surface area contributed by atoms with E-state index in [0.717, 1.165) is 6.54 Å². The fourth-order valence-corrected chi connectivity index (χ4v) is 0.310. The van der Waals surface area contributed by atoms with Gasteiger partial charge in [-0.15, -0.1) is 0 Å².